The van der Waals surface area contributed by atoms with Crippen molar-refractivity contribution in [2.75, 3.05) is 0 Å². The number of hydroxylamine groups is 1. The fourth-order valence-corrected chi connectivity index (χ4v) is 1.67. The third-order valence-electron chi connectivity index (χ3n) is 2.97. The van der Waals surface area contributed by atoms with Gasteiger partial charge in [-0.15, -0.1) is 0 Å². The van der Waals surface area contributed by atoms with Crippen molar-refractivity contribution in [3.8, 4) is 0 Å². The summed E-state index contributed by atoms with van der Waals surface area (Å²) in [6.45, 7) is 2.51. The molecule has 5 heteroatoms. The monoisotopic (exact) mass is 266 g/mol. The van der Waals surface area contributed by atoms with E-state index in [2.05, 4.69) is 5.48 Å². The first-order valence-corrected chi connectivity index (χ1v) is 6.53. The van der Waals surface area contributed by atoms with Crippen molar-refractivity contribution in [1.82, 2.24) is 5.48 Å². The molecule has 106 valence electrons. The molecule has 0 fully saturated rings. The average Bonchev–Trinajstić information content (AvgIpc) is 2.43. The Morgan fingerprint density at radius 3 is 2.63 bits per heavy atom. The number of carboxylic acids is 1. The zero-order valence-electron chi connectivity index (χ0n) is 11.2. The van der Waals surface area contributed by atoms with Gasteiger partial charge in [0.25, 0.3) is 0 Å². The summed E-state index contributed by atoms with van der Waals surface area (Å²) in [6.07, 6.45) is 1.98. The van der Waals surface area contributed by atoms with E-state index in [0.29, 0.717) is 19.4 Å². The lowest BCUT2D eigenvalue weighted by Gasteiger charge is -2.17. The summed E-state index contributed by atoms with van der Waals surface area (Å²) in [5.74, 6) is -0.958. The molecule has 0 unspecified atom stereocenters. The number of benzene rings is 1. The van der Waals surface area contributed by atoms with Crippen molar-refractivity contribution in [2.24, 2.45) is 5.73 Å². The fourth-order valence-electron chi connectivity index (χ4n) is 1.67. The molecular weight excluding hydrogens is 244 g/mol. The molecule has 1 aromatic carbocycles. The van der Waals surface area contributed by atoms with Gasteiger partial charge in [-0.05, 0) is 24.8 Å². The van der Waals surface area contributed by atoms with E-state index < -0.39 is 12.0 Å². The Labute approximate surface area is 113 Å². The van der Waals surface area contributed by atoms with Crippen molar-refractivity contribution >= 4 is 5.97 Å². The molecule has 2 atom stereocenters. The van der Waals surface area contributed by atoms with Crippen LogP contribution in [0.4, 0.5) is 0 Å². The van der Waals surface area contributed by atoms with Crippen LogP contribution < -0.4 is 11.2 Å². The molecule has 1 aromatic rings. The van der Waals surface area contributed by atoms with E-state index in [1.54, 1.807) is 0 Å². The summed E-state index contributed by atoms with van der Waals surface area (Å²) < 4.78 is 0. The Kier molecular flexibility index (Phi) is 7.10. The van der Waals surface area contributed by atoms with Crippen LogP contribution in [-0.4, -0.2) is 23.2 Å². The Bertz CT molecular complexity index is 370. The molecule has 5 nitrogen and oxygen atoms in total. The maximum Gasteiger partial charge on any atom is 0.320 e. The molecule has 0 amide bonds. The summed E-state index contributed by atoms with van der Waals surface area (Å²) in [6, 6.07) is 9.17. The van der Waals surface area contributed by atoms with Crippen LogP contribution in [0.2, 0.25) is 0 Å². The first-order valence-electron chi connectivity index (χ1n) is 6.53. The van der Waals surface area contributed by atoms with Crippen LogP contribution in [-0.2, 0) is 16.2 Å². The van der Waals surface area contributed by atoms with Crippen molar-refractivity contribution in [3.05, 3.63) is 35.9 Å². The van der Waals surface area contributed by atoms with E-state index in [0.717, 1.165) is 12.0 Å². The highest BCUT2D eigenvalue weighted by atomic mass is 16.6. The highest BCUT2D eigenvalue weighted by molar-refractivity contribution is 5.72. The van der Waals surface area contributed by atoms with Crippen LogP contribution >= 0.6 is 0 Å². The zero-order valence-corrected chi connectivity index (χ0v) is 11.2. The molecule has 0 aliphatic heterocycles. The summed E-state index contributed by atoms with van der Waals surface area (Å²) in [5.41, 5.74) is 9.52. The van der Waals surface area contributed by atoms with Crippen molar-refractivity contribution in [2.45, 2.75) is 44.9 Å². The number of carbonyl (C=O) groups is 1. The summed E-state index contributed by atoms with van der Waals surface area (Å²) >= 11 is 0. The Morgan fingerprint density at radius 1 is 1.37 bits per heavy atom. The van der Waals surface area contributed by atoms with E-state index in [1.165, 1.54) is 0 Å². The molecule has 19 heavy (non-hydrogen) atoms. The SMILES string of the molecule is CC[C@@H](CC[C@H](N)C(=O)O)NOCc1ccccc1. The van der Waals surface area contributed by atoms with Crippen molar-refractivity contribution in [1.29, 1.82) is 0 Å². The number of aliphatic carboxylic acids is 1. The second-order valence-electron chi connectivity index (χ2n) is 4.52. The van der Waals surface area contributed by atoms with E-state index in [9.17, 15) is 4.79 Å². The van der Waals surface area contributed by atoms with Gasteiger partial charge >= 0.3 is 5.97 Å². The molecule has 0 saturated heterocycles. The standard InChI is InChI=1S/C14H22N2O3/c1-2-12(8-9-13(15)14(17)18)16-19-10-11-6-4-3-5-7-11/h3-7,12-13,16H,2,8-10,15H2,1H3,(H,17,18)/t12-,13-/m0/s1. The minimum Gasteiger partial charge on any atom is -0.480 e. The van der Waals surface area contributed by atoms with E-state index >= 15 is 0 Å². The topological polar surface area (TPSA) is 84.6 Å². The predicted molar refractivity (Wildman–Crippen MR) is 73.3 cm³/mol. The molecule has 0 aliphatic carbocycles. The minimum absolute atomic E-state index is 0.120. The molecular formula is C14H22N2O3. The Morgan fingerprint density at radius 2 is 2.05 bits per heavy atom. The number of nitrogens with two attached hydrogens (primary N) is 1. The van der Waals surface area contributed by atoms with Gasteiger partial charge in [-0.2, -0.15) is 5.48 Å². The van der Waals surface area contributed by atoms with Gasteiger partial charge in [-0.3, -0.25) is 9.63 Å². The average molecular weight is 266 g/mol. The van der Waals surface area contributed by atoms with E-state index in [1.807, 2.05) is 37.3 Å². The van der Waals surface area contributed by atoms with Crippen molar-refractivity contribution < 1.29 is 14.7 Å². The molecule has 0 aromatic heterocycles. The normalized spacial score (nSPS) is 14.0. The summed E-state index contributed by atoms with van der Waals surface area (Å²) in [5, 5.41) is 8.72. The quantitative estimate of drug-likeness (QED) is 0.592. The lowest BCUT2D eigenvalue weighted by molar-refractivity contribution is -0.138. The zero-order chi connectivity index (χ0) is 14.1. The predicted octanol–water partition coefficient (Wildman–Crippen LogP) is 1.68. The van der Waals surface area contributed by atoms with Gasteiger partial charge in [-0.1, -0.05) is 37.3 Å². The summed E-state index contributed by atoms with van der Waals surface area (Å²) in [4.78, 5) is 16.0. The van der Waals surface area contributed by atoms with Crippen molar-refractivity contribution in [3.63, 3.8) is 0 Å². The lowest BCUT2D eigenvalue weighted by Crippen LogP contribution is -2.34. The van der Waals surface area contributed by atoms with Crippen LogP contribution in [0.25, 0.3) is 0 Å². The number of rotatable bonds is 9. The second-order valence-corrected chi connectivity index (χ2v) is 4.52. The minimum atomic E-state index is -0.958. The molecule has 0 heterocycles. The Hall–Kier alpha value is -1.43. The Balaban J connectivity index is 2.23. The molecule has 0 spiro atoms. The fraction of sp³-hybridized carbons (Fsp3) is 0.500. The van der Waals surface area contributed by atoms with Crippen LogP contribution in [0.15, 0.2) is 30.3 Å². The van der Waals surface area contributed by atoms with Crippen LogP contribution in [0.5, 0.6) is 0 Å². The number of hydrogen-bond acceptors (Lipinski definition) is 4. The second kappa shape index (κ2) is 8.63. The van der Waals surface area contributed by atoms with Gasteiger partial charge in [0.2, 0.25) is 0 Å². The maximum absolute atomic E-state index is 10.6. The van der Waals surface area contributed by atoms with Crippen LogP contribution in [0.1, 0.15) is 31.7 Å². The third kappa shape index (κ3) is 6.33. The highest BCUT2D eigenvalue weighted by Gasteiger charge is 2.14. The lowest BCUT2D eigenvalue weighted by atomic mass is 10.1. The third-order valence-corrected chi connectivity index (χ3v) is 2.97. The molecule has 1 rings (SSSR count). The van der Waals surface area contributed by atoms with E-state index in [4.69, 9.17) is 15.7 Å². The number of nitrogens with one attached hydrogen (secondary N) is 1. The van der Waals surface area contributed by atoms with Gasteiger partial charge in [0.15, 0.2) is 0 Å². The molecule has 0 saturated carbocycles. The summed E-state index contributed by atoms with van der Waals surface area (Å²) in [7, 11) is 0. The van der Waals surface area contributed by atoms with E-state index in [-0.39, 0.29) is 6.04 Å². The van der Waals surface area contributed by atoms with Gasteiger partial charge in [0.05, 0.1) is 6.61 Å². The molecule has 0 radical (unpaired) electrons. The molecule has 0 aliphatic rings. The smallest absolute Gasteiger partial charge is 0.320 e. The van der Waals surface area contributed by atoms with Gasteiger partial charge in [0.1, 0.15) is 6.04 Å². The molecule has 0 bridgehead atoms. The highest BCUT2D eigenvalue weighted by Crippen LogP contribution is 2.06. The number of carboxylic acid groups (broad SMARTS) is 1. The van der Waals surface area contributed by atoms with Gasteiger partial charge in [-0.25, -0.2) is 0 Å². The van der Waals surface area contributed by atoms with Gasteiger partial charge in [0, 0.05) is 6.04 Å². The van der Waals surface area contributed by atoms with Crippen LogP contribution in [0.3, 0.4) is 0 Å². The number of hydrogen-bond donors (Lipinski definition) is 3. The largest absolute Gasteiger partial charge is 0.480 e. The van der Waals surface area contributed by atoms with Gasteiger partial charge < -0.3 is 10.8 Å². The first kappa shape index (κ1) is 15.6. The first-order chi connectivity index (χ1) is 9.13. The molecule has 4 N–H and O–H groups in total. The maximum atomic E-state index is 10.6. The van der Waals surface area contributed by atoms with Crippen LogP contribution in [0, 0.1) is 0 Å².